The Morgan fingerprint density at radius 3 is 2.89 bits per heavy atom. The minimum Gasteiger partial charge on any atom is -0.362 e. The van der Waals surface area contributed by atoms with Crippen LogP contribution in [-0.2, 0) is 13.6 Å². The van der Waals surface area contributed by atoms with Gasteiger partial charge in [0.05, 0.1) is 12.1 Å². The third-order valence-corrected chi connectivity index (χ3v) is 2.82. The van der Waals surface area contributed by atoms with Crippen LogP contribution in [0.25, 0.3) is 10.9 Å². The zero-order chi connectivity index (χ0) is 13.2. The van der Waals surface area contributed by atoms with Crippen molar-refractivity contribution in [3.8, 4) is 0 Å². The molecule has 0 fully saturated rings. The summed E-state index contributed by atoms with van der Waals surface area (Å²) < 4.78 is 14.9. The van der Waals surface area contributed by atoms with Crippen LogP contribution in [0, 0.1) is 5.82 Å². The van der Waals surface area contributed by atoms with Crippen molar-refractivity contribution in [2.45, 2.75) is 6.54 Å². The van der Waals surface area contributed by atoms with Crippen LogP contribution in [0.4, 0.5) is 10.2 Å². The van der Waals surface area contributed by atoms with E-state index in [1.165, 1.54) is 24.8 Å². The highest BCUT2D eigenvalue weighted by Crippen LogP contribution is 2.20. The Labute approximate surface area is 108 Å². The number of fused-ring (bicyclic) bond motifs is 1. The number of nitrogens with one attached hydrogen (secondary N) is 1. The average molecular weight is 258 g/mol. The Balaban J connectivity index is 1.92. The van der Waals surface area contributed by atoms with Crippen LogP contribution in [0.2, 0.25) is 0 Å². The lowest BCUT2D eigenvalue weighted by molar-refractivity contribution is 0.629. The summed E-state index contributed by atoms with van der Waals surface area (Å²) in [5, 5.41) is 7.74. The van der Waals surface area contributed by atoms with E-state index in [2.05, 4.69) is 25.4 Å². The van der Waals surface area contributed by atoms with Crippen LogP contribution in [0.1, 0.15) is 5.82 Å². The van der Waals surface area contributed by atoms with Crippen LogP contribution >= 0.6 is 0 Å². The first-order valence-electron chi connectivity index (χ1n) is 5.71. The number of hydrogen-bond acceptors (Lipinski definition) is 5. The van der Waals surface area contributed by atoms with Crippen molar-refractivity contribution in [2.75, 3.05) is 5.32 Å². The Kier molecular flexibility index (Phi) is 2.79. The summed E-state index contributed by atoms with van der Waals surface area (Å²) in [6, 6.07) is 4.41. The highest BCUT2D eigenvalue weighted by atomic mass is 19.1. The highest BCUT2D eigenvalue weighted by Gasteiger charge is 2.06. The summed E-state index contributed by atoms with van der Waals surface area (Å²) in [5.41, 5.74) is 0.692. The predicted octanol–water partition coefficient (Wildman–Crippen LogP) is 1.51. The van der Waals surface area contributed by atoms with Crippen molar-refractivity contribution in [1.82, 2.24) is 24.7 Å². The number of aryl methyl sites for hydroxylation is 1. The number of benzene rings is 1. The summed E-state index contributed by atoms with van der Waals surface area (Å²) in [4.78, 5) is 12.3. The second-order valence-corrected chi connectivity index (χ2v) is 4.04. The lowest BCUT2D eigenvalue weighted by atomic mass is 10.2. The Morgan fingerprint density at radius 2 is 2.11 bits per heavy atom. The molecule has 19 heavy (non-hydrogen) atoms. The molecule has 0 unspecified atom stereocenters. The van der Waals surface area contributed by atoms with Gasteiger partial charge >= 0.3 is 0 Å². The van der Waals surface area contributed by atoms with Gasteiger partial charge in [-0.1, -0.05) is 0 Å². The molecular weight excluding hydrogens is 247 g/mol. The van der Waals surface area contributed by atoms with Crippen molar-refractivity contribution < 1.29 is 4.39 Å². The van der Waals surface area contributed by atoms with Crippen molar-refractivity contribution in [2.24, 2.45) is 7.05 Å². The van der Waals surface area contributed by atoms with Crippen molar-refractivity contribution in [1.29, 1.82) is 0 Å². The number of nitrogens with zero attached hydrogens (tertiary/aromatic N) is 5. The maximum atomic E-state index is 13.3. The standard InChI is InChI=1S/C12H11FN6/c1-19-11(16-7-18-19)5-14-12-9-4-8(13)2-3-10(9)15-6-17-12/h2-4,6-7H,5H2,1H3,(H,14,15,17). The molecule has 2 heterocycles. The molecule has 6 nitrogen and oxygen atoms in total. The fourth-order valence-corrected chi connectivity index (χ4v) is 1.81. The molecule has 0 aliphatic rings. The average Bonchev–Trinajstić information content (AvgIpc) is 2.82. The molecule has 3 aromatic rings. The number of anilines is 1. The molecule has 1 aromatic carbocycles. The topological polar surface area (TPSA) is 68.5 Å². The highest BCUT2D eigenvalue weighted by molar-refractivity contribution is 5.88. The second kappa shape index (κ2) is 4.60. The van der Waals surface area contributed by atoms with Crippen molar-refractivity contribution >= 4 is 16.7 Å². The van der Waals surface area contributed by atoms with Gasteiger partial charge in [-0.3, -0.25) is 4.68 Å². The fourth-order valence-electron chi connectivity index (χ4n) is 1.81. The summed E-state index contributed by atoms with van der Waals surface area (Å²) >= 11 is 0. The monoisotopic (exact) mass is 258 g/mol. The SMILES string of the molecule is Cn1ncnc1CNc1ncnc2ccc(F)cc12. The molecule has 0 radical (unpaired) electrons. The van der Waals surface area contributed by atoms with E-state index in [1.54, 1.807) is 10.7 Å². The molecule has 3 rings (SSSR count). The first-order valence-corrected chi connectivity index (χ1v) is 5.71. The summed E-state index contributed by atoms with van der Waals surface area (Å²) in [6.07, 6.45) is 2.92. The fraction of sp³-hybridized carbons (Fsp3) is 0.167. The van der Waals surface area contributed by atoms with Crippen LogP contribution in [-0.4, -0.2) is 24.7 Å². The van der Waals surface area contributed by atoms with Crippen LogP contribution < -0.4 is 5.32 Å². The normalized spacial score (nSPS) is 10.8. The third kappa shape index (κ3) is 2.22. The van der Waals surface area contributed by atoms with E-state index in [1.807, 2.05) is 7.05 Å². The number of rotatable bonds is 3. The van der Waals surface area contributed by atoms with E-state index in [-0.39, 0.29) is 5.82 Å². The molecule has 0 saturated carbocycles. The predicted molar refractivity (Wildman–Crippen MR) is 67.8 cm³/mol. The summed E-state index contributed by atoms with van der Waals surface area (Å²) in [5.74, 6) is 1.03. The van der Waals surface area contributed by atoms with Gasteiger partial charge in [-0.05, 0) is 18.2 Å². The summed E-state index contributed by atoms with van der Waals surface area (Å²) in [6.45, 7) is 0.457. The van der Waals surface area contributed by atoms with Gasteiger partial charge in [-0.25, -0.2) is 19.3 Å². The van der Waals surface area contributed by atoms with E-state index >= 15 is 0 Å². The van der Waals surface area contributed by atoms with E-state index < -0.39 is 0 Å². The minimum absolute atomic E-state index is 0.316. The molecule has 0 aliphatic heterocycles. The first kappa shape index (κ1) is 11.5. The van der Waals surface area contributed by atoms with E-state index in [0.29, 0.717) is 23.3 Å². The van der Waals surface area contributed by atoms with Crippen LogP contribution in [0.15, 0.2) is 30.9 Å². The van der Waals surface area contributed by atoms with Gasteiger partial charge in [0.1, 0.15) is 30.1 Å². The molecule has 2 aromatic heterocycles. The van der Waals surface area contributed by atoms with E-state index in [9.17, 15) is 4.39 Å². The van der Waals surface area contributed by atoms with Gasteiger partial charge in [-0.2, -0.15) is 5.10 Å². The quantitative estimate of drug-likeness (QED) is 0.771. The molecule has 0 spiro atoms. The molecule has 0 bridgehead atoms. The van der Waals surface area contributed by atoms with Gasteiger partial charge in [0.2, 0.25) is 0 Å². The minimum atomic E-state index is -0.316. The Hall–Kier alpha value is -2.57. The van der Waals surface area contributed by atoms with Gasteiger partial charge in [-0.15, -0.1) is 0 Å². The summed E-state index contributed by atoms with van der Waals surface area (Å²) in [7, 11) is 1.81. The number of aromatic nitrogens is 5. The number of halogens is 1. The van der Waals surface area contributed by atoms with Gasteiger partial charge in [0.15, 0.2) is 0 Å². The Bertz CT molecular complexity index is 723. The largest absolute Gasteiger partial charge is 0.362 e. The van der Waals surface area contributed by atoms with Crippen molar-refractivity contribution in [3.63, 3.8) is 0 Å². The van der Waals surface area contributed by atoms with Crippen molar-refractivity contribution in [3.05, 3.63) is 42.5 Å². The molecule has 1 N–H and O–H groups in total. The molecule has 7 heteroatoms. The van der Waals surface area contributed by atoms with E-state index in [4.69, 9.17) is 0 Å². The Morgan fingerprint density at radius 1 is 1.21 bits per heavy atom. The van der Waals surface area contributed by atoms with Crippen LogP contribution in [0.5, 0.6) is 0 Å². The van der Waals surface area contributed by atoms with Gasteiger partial charge in [0.25, 0.3) is 0 Å². The zero-order valence-electron chi connectivity index (χ0n) is 10.2. The van der Waals surface area contributed by atoms with Crippen LogP contribution in [0.3, 0.4) is 0 Å². The maximum Gasteiger partial charge on any atom is 0.145 e. The molecule has 0 saturated heterocycles. The van der Waals surface area contributed by atoms with Gasteiger partial charge < -0.3 is 5.32 Å². The maximum absolute atomic E-state index is 13.3. The number of hydrogen-bond donors (Lipinski definition) is 1. The molecule has 0 amide bonds. The lowest BCUT2D eigenvalue weighted by Gasteiger charge is -2.07. The van der Waals surface area contributed by atoms with E-state index in [0.717, 1.165) is 5.82 Å². The molecule has 0 aliphatic carbocycles. The smallest absolute Gasteiger partial charge is 0.145 e. The van der Waals surface area contributed by atoms with Gasteiger partial charge in [0, 0.05) is 12.4 Å². The molecule has 0 atom stereocenters. The molecule has 96 valence electrons. The second-order valence-electron chi connectivity index (χ2n) is 4.04. The zero-order valence-corrected chi connectivity index (χ0v) is 10.2. The lowest BCUT2D eigenvalue weighted by Crippen LogP contribution is -2.08. The third-order valence-electron chi connectivity index (χ3n) is 2.82. The first-order chi connectivity index (χ1) is 9.24. The molecular formula is C12H11FN6.